The highest BCUT2D eigenvalue weighted by molar-refractivity contribution is 6.30. The molecule has 1 aromatic carbocycles. The number of benzene rings is 1. The van der Waals surface area contributed by atoms with Crippen LogP contribution in [-0.4, -0.2) is 9.97 Å². The van der Waals surface area contributed by atoms with E-state index in [2.05, 4.69) is 9.97 Å². The van der Waals surface area contributed by atoms with E-state index < -0.39 is 0 Å². The smallest absolute Gasteiger partial charge is 0.147 e. The maximum atomic E-state index is 5.87. The topological polar surface area (TPSA) is 35.0 Å². The van der Waals surface area contributed by atoms with Gasteiger partial charge in [-0.25, -0.2) is 0 Å². The van der Waals surface area contributed by atoms with Gasteiger partial charge >= 0.3 is 0 Å². The number of para-hydroxylation sites is 1. The van der Waals surface area contributed by atoms with E-state index in [9.17, 15) is 0 Å². The van der Waals surface area contributed by atoms with E-state index in [4.69, 9.17) is 16.3 Å². The highest BCUT2D eigenvalue weighted by atomic mass is 35.5. The first-order valence-corrected chi connectivity index (χ1v) is 5.83. The van der Waals surface area contributed by atoms with Gasteiger partial charge in [0.1, 0.15) is 11.5 Å². The van der Waals surface area contributed by atoms with E-state index in [0.717, 1.165) is 16.7 Å². The molecule has 0 spiro atoms. The summed E-state index contributed by atoms with van der Waals surface area (Å²) < 4.78 is 5.79. The van der Waals surface area contributed by atoms with Crippen LogP contribution in [-0.2, 0) is 0 Å². The molecule has 0 saturated carbocycles. The third kappa shape index (κ3) is 2.13. The van der Waals surface area contributed by atoms with E-state index in [-0.39, 0.29) is 0 Å². The van der Waals surface area contributed by atoms with Crippen LogP contribution in [0, 0.1) is 0 Å². The Kier molecular flexibility index (Phi) is 2.82. The summed E-state index contributed by atoms with van der Waals surface area (Å²) >= 11 is 5.87. The summed E-state index contributed by atoms with van der Waals surface area (Å²) in [5, 5.41) is 1.51. The van der Waals surface area contributed by atoms with Crippen LogP contribution in [0.2, 0.25) is 5.02 Å². The second-order valence-corrected chi connectivity index (χ2v) is 4.20. The molecule has 3 aromatic rings. The quantitative estimate of drug-likeness (QED) is 0.693. The van der Waals surface area contributed by atoms with Gasteiger partial charge in [-0.3, -0.25) is 9.97 Å². The number of rotatable bonds is 2. The van der Waals surface area contributed by atoms with Gasteiger partial charge in [0, 0.05) is 23.8 Å². The van der Waals surface area contributed by atoms with E-state index in [0.29, 0.717) is 10.8 Å². The van der Waals surface area contributed by atoms with Crippen LogP contribution >= 0.6 is 11.6 Å². The first-order valence-electron chi connectivity index (χ1n) is 5.45. The number of hydrogen-bond acceptors (Lipinski definition) is 3. The number of pyridine rings is 2. The Balaban J connectivity index is 2.05. The third-order valence-corrected chi connectivity index (χ3v) is 2.72. The maximum Gasteiger partial charge on any atom is 0.147 e. The molecule has 18 heavy (non-hydrogen) atoms. The van der Waals surface area contributed by atoms with Crippen molar-refractivity contribution in [2.45, 2.75) is 0 Å². The predicted octanol–water partition coefficient (Wildman–Crippen LogP) is 4.08. The number of nitrogens with zero attached hydrogens (tertiary/aromatic N) is 2. The van der Waals surface area contributed by atoms with Crippen molar-refractivity contribution in [1.82, 2.24) is 9.97 Å². The fourth-order valence-electron chi connectivity index (χ4n) is 1.73. The molecule has 0 saturated heterocycles. The molecular weight excluding hydrogens is 248 g/mol. The molecule has 0 amide bonds. The lowest BCUT2D eigenvalue weighted by atomic mass is 10.2. The minimum atomic E-state index is 0.547. The molecule has 0 atom stereocenters. The molecule has 4 heteroatoms. The molecule has 0 fully saturated rings. The first kappa shape index (κ1) is 11.0. The van der Waals surface area contributed by atoms with E-state index in [1.807, 2.05) is 30.3 Å². The van der Waals surface area contributed by atoms with Crippen molar-refractivity contribution in [3.63, 3.8) is 0 Å². The van der Waals surface area contributed by atoms with Crippen molar-refractivity contribution in [2.75, 3.05) is 0 Å². The molecule has 0 bridgehead atoms. The largest absolute Gasteiger partial charge is 0.455 e. The van der Waals surface area contributed by atoms with Crippen LogP contribution in [0.1, 0.15) is 0 Å². The average molecular weight is 257 g/mol. The zero-order valence-electron chi connectivity index (χ0n) is 9.38. The zero-order valence-corrected chi connectivity index (χ0v) is 10.1. The van der Waals surface area contributed by atoms with Gasteiger partial charge in [-0.05, 0) is 18.2 Å². The Labute approximate surface area is 109 Å². The number of fused-ring (bicyclic) bond motifs is 1. The van der Waals surface area contributed by atoms with Gasteiger partial charge in [0.25, 0.3) is 0 Å². The van der Waals surface area contributed by atoms with Crippen molar-refractivity contribution < 1.29 is 4.74 Å². The fraction of sp³-hybridized carbons (Fsp3) is 0. The molecule has 0 radical (unpaired) electrons. The Hall–Kier alpha value is -2.13. The van der Waals surface area contributed by atoms with E-state index in [1.54, 1.807) is 24.7 Å². The van der Waals surface area contributed by atoms with Crippen molar-refractivity contribution in [2.24, 2.45) is 0 Å². The first-order chi connectivity index (χ1) is 8.83. The average Bonchev–Trinajstić information content (AvgIpc) is 2.39. The van der Waals surface area contributed by atoms with Crippen LogP contribution in [0.25, 0.3) is 10.9 Å². The maximum absolute atomic E-state index is 5.87. The summed E-state index contributed by atoms with van der Waals surface area (Å²) in [5.41, 5.74) is 0.894. The van der Waals surface area contributed by atoms with Gasteiger partial charge in [0.15, 0.2) is 0 Å². The number of halogens is 1. The molecule has 0 unspecified atom stereocenters. The van der Waals surface area contributed by atoms with Crippen molar-refractivity contribution in [3.8, 4) is 11.5 Å². The van der Waals surface area contributed by atoms with Crippen molar-refractivity contribution in [1.29, 1.82) is 0 Å². The molecule has 0 aliphatic heterocycles. The normalized spacial score (nSPS) is 10.5. The van der Waals surface area contributed by atoms with Crippen molar-refractivity contribution in [3.05, 3.63) is 60.0 Å². The minimum Gasteiger partial charge on any atom is -0.455 e. The Bertz CT molecular complexity index is 695. The van der Waals surface area contributed by atoms with Gasteiger partial charge < -0.3 is 4.74 Å². The van der Waals surface area contributed by atoms with Crippen LogP contribution in [0.5, 0.6) is 11.5 Å². The highest BCUT2D eigenvalue weighted by Gasteiger charge is 2.04. The Morgan fingerprint density at radius 1 is 1.06 bits per heavy atom. The summed E-state index contributed by atoms with van der Waals surface area (Å²) in [7, 11) is 0. The Morgan fingerprint density at radius 2 is 1.94 bits per heavy atom. The van der Waals surface area contributed by atoms with Gasteiger partial charge in [-0.1, -0.05) is 23.7 Å². The molecule has 3 rings (SSSR count). The van der Waals surface area contributed by atoms with Gasteiger partial charge in [0.2, 0.25) is 0 Å². The number of aromatic nitrogens is 2. The standard InChI is InChI=1S/C14H9ClN2O/c15-10-7-11(9-16-8-10)18-14-5-6-17-13-4-2-1-3-12(13)14/h1-9H. The number of hydrogen-bond donors (Lipinski definition) is 0. The second kappa shape index (κ2) is 4.63. The third-order valence-electron chi connectivity index (χ3n) is 2.52. The van der Waals surface area contributed by atoms with Crippen LogP contribution in [0.15, 0.2) is 55.0 Å². The predicted molar refractivity (Wildman–Crippen MR) is 71.1 cm³/mol. The summed E-state index contributed by atoms with van der Waals surface area (Å²) in [4.78, 5) is 8.27. The molecule has 2 heterocycles. The van der Waals surface area contributed by atoms with E-state index >= 15 is 0 Å². The lowest BCUT2D eigenvalue weighted by molar-refractivity contribution is 0.485. The fourth-order valence-corrected chi connectivity index (χ4v) is 1.90. The summed E-state index contributed by atoms with van der Waals surface area (Å²) in [6.45, 7) is 0. The highest BCUT2D eigenvalue weighted by Crippen LogP contribution is 2.28. The molecule has 0 aliphatic carbocycles. The molecule has 88 valence electrons. The van der Waals surface area contributed by atoms with Crippen LogP contribution < -0.4 is 4.74 Å². The summed E-state index contributed by atoms with van der Waals surface area (Å²) in [6, 6.07) is 11.4. The number of ether oxygens (including phenoxy) is 1. The lowest BCUT2D eigenvalue weighted by Crippen LogP contribution is -1.88. The van der Waals surface area contributed by atoms with Crippen LogP contribution in [0.4, 0.5) is 0 Å². The summed E-state index contributed by atoms with van der Waals surface area (Å²) in [6.07, 6.45) is 4.91. The van der Waals surface area contributed by atoms with Gasteiger partial charge in [-0.15, -0.1) is 0 Å². The minimum absolute atomic E-state index is 0.547. The summed E-state index contributed by atoms with van der Waals surface area (Å²) in [5.74, 6) is 1.35. The molecular formula is C14H9ClN2O. The molecule has 3 nitrogen and oxygen atoms in total. The molecule has 2 aromatic heterocycles. The van der Waals surface area contributed by atoms with E-state index in [1.165, 1.54) is 0 Å². The lowest BCUT2D eigenvalue weighted by Gasteiger charge is -2.08. The SMILES string of the molecule is Clc1cncc(Oc2ccnc3ccccc23)c1. The molecule has 0 aliphatic rings. The Morgan fingerprint density at radius 3 is 2.83 bits per heavy atom. The van der Waals surface area contributed by atoms with Gasteiger partial charge in [-0.2, -0.15) is 0 Å². The second-order valence-electron chi connectivity index (χ2n) is 3.77. The zero-order chi connectivity index (χ0) is 12.4. The van der Waals surface area contributed by atoms with Crippen molar-refractivity contribution >= 4 is 22.5 Å². The van der Waals surface area contributed by atoms with Crippen LogP contribution in [0.3, 0.4) is 0 Å². The molecule has 0 N–H and O–H groups in total. The monoisotopic (exact) mass is 256 g/mol. The van der Waals surface area contributed by atoms with Gasteiger partial charge in [0.05, 0.1) is 16.7 Å².